The Morgan fingerprint density at radius 3 is 2.33 bits per heavy atom. The predicted molar refractivity (Wildman–Crippen MR) is 117 cm³/mol. The number of aromatic nitrogens is 2. The van der Waals surface area contributed by atoms with E-state index in [1.807, 2.05) is 0 Å². The first-order valence-corrected chi connectivity index (χ1v) is 11.1. The van der Waals surface area contributed by atoms with Crippen LogP contribution < -0.4 is 21.3 Å². The van der Waals surface area contributed by atoms with Crippen LogP contribution in [0.4, 0.5) is 11.4 Å². The highest BCUT2D eigenvalue weighted by atomic mass is 32.2. The highest BCUT2D eigenvalue weighted by Crippen LogP contribution is 2.17. The molecule has 9 nitrogen and oxygen atoms in total. The van der Waals surface area contributed by atoms with Gasteiger partial charge >= 0.3 is 5.69 Å². The first-order valence-electron chi connectivity index (χ1n) is 9.43. The highest BCUT2D eigenvalue weighted by Gasteiger charge is 2.12. The molecule has 3 rings (SSSR count). The third-order valence-corrected chi connectivity index (χ3v) is 5.94. The molecule has 0 atom stereocenters. The number of H-pyrrole nitrogens is 1. The maximum absolute atomic E-state index is 12.6. The lowest BCUT2D eigenvalue weighted by Gasteiger charge is -2.09. The van der Waals surface area contributed by atoms with Crippen LogP contribution in [-0.2, 0) is 16.6 Å². The lowest BCUT2D eigenvalue weighted by atomic mass is 10.1. The van der Waals surface area contributed by atoms with Crippen molar-refractivity contribution in [2.75, 3.05) is 15.8 Å². The Morgan fingerprint density at radius 2 is 1.70 bits per heavy atom. The molecule has 1 amide bonds. The Hall–Kier alpha value is -3.40. The van der Waals surface area contributed by atoms with E-state index in [0.717, 1.165) is 4.57 Å². The van der Waals surface area contributed by atoms with Gasteiger partial charge in [-0.3, -0.25) is 18.9 Å². The number of benzene rings is 2. The summed E-state index contributed by atoms with van der Waals surface area (Å²) >= 11 is 0. The minimum atomic E-state index is -3.39. The maximum Gasteiger partial charge on any atom is 0.328 e. The molecule has 0 bridgehead atoms. The van der Waals surface area contributed by atoms with Crippen LogP contribution in [0.1, 0.15) is 30.6 Å². The number of anilines is 2. The summed E-state index contributed by atoms with van der Waals surface area (Å²) in [5.74, 6) is -0.407. The summed E-state index contributed by atoms with van der Waals surface area (Å²) in [5.41, 5.74) is 0.464. The topological polar surface area (TPSA) is 130 Å². The van der Waals surface area contributed by atoms with E-state index in [0.29, 0.717) is 23.2 Å². The average Bonchev–Trinajstić information content (AvgIpc) is 2.69. The number of amides is 1. The fraction of sp³-hybridized carbons (Fsp3) is 0.250. The molecule has 0 aliphatic rings. The summed E-state index contributed by atoms with van der Waals surface area (Å²) in [4.78, 5) is 39.5. The van der Waals surface area contributed by atoms with E-state index >= 15 is 0 Å². The Balaban J connectivity index is 1.80. The van der Waals surface area contributed by atoms with Gasteiger partial charge in [0.2, 0.25) is 10.0 Å². The van der Waals surface area contributed by atoms with Gasteiger partial charge in [0.25, 0.3) is 11.5 Å². The van der Waals surface area contributed by atoms with Crippen LogP contribution in [0.3, 0.4) is 0 Å². The van der Waals surface area contributed by atoms with Crippen molar-refractivity contribution in [2.24, 2.45) is 0 Å². The zero-order valence-electron chi connectivity index (χ0n) is 16.6. The Kier molecular flexibility index (Phi) is 6.06. The summed E-state index contributed by atoms with van der Waals surface area (Å²) in [6.07, 6.45) is 0.507. The van der Waals surface area contributed by atoms with Crippen molar-refractivity contribution in [1.82, 2.24) is 9.55 Å². The summed E-state index contributed by atoms with van der Waals surface area (Å²) in [6, 6.07) is 10.7. The van der Waals surface area contributed by atoms with Crippen molar-refractivity contribution in [1.29, 1.82) is 0 Å². The quantitative estimate of drug-likeness (QED) is 0.529. The zero-order chi connectivity index (χ0) is 21.9. The van der Waals surface area contributed by atoms with Gasteiger partial charge in [-0.1, -0.05) is 6.92 Å². The van der Waals surface area contributed by atoms with Crippen molar-refractivity contribution < 1.29 is 13.2 Å². The van der Waals surface area contributed by atoms with E-state index in [9.17, 15) is 22.8 Å². The molecule has 1 heterocycles. The molecule has 158 valence electrons. The molecule has 2 aromatic carbocycles. The third kappa shape index (κ3) is 4.60. The fourth-order valence-corrected chi connectivity index (χ4v) is 4.14. The Morgan fingerprint density at radius 1 is 1.03 bits per heavy atom. The summed E-state index contributed by atoms with van der Waals surface area (Å²) < 4.78 is 27.2. The molecule has 30 heavy (non-hydrogen) atoms. The number of hydrogen-bond acceptors (Lipinski definition) is 5. The molecule has 1 aromatic heterocycles. The van der Waals surface area contributed by atoms with Crippen molar-refractivity contribution in [3.63, 3.8) is 0 Å². The molecular weight excluding hydrogens is 408 g/mol. The van der Waals surface area contributed by atoms with Gasteiger partial charge < -0.3 is 10.3 Å². The predicted octanol–water partition coefficient (Wildman–Crippen LogP) is 2.11. The average molecular weight is 430 g/mol. The molecule has 10 heteroatoms. The molecule has 3 aromatic rings. The van der Waals surface area contributed by atoms with Crippen molar-refractivity contribution in [3.8, 4) is 0 Å². The minimum Gasteiger partial charge on any atom is -0.322 e. The second-order valence-electron chi connectivity index (χ2n) is 6.69. The van der Waals surface area contributed by atoms with Crippen molar-refractivity contribution in [3.05, 3.63) is 68.9 Å². The third-order valence-electron chi connectivity index (χ3n) is 4.45. The van der Waals surface area contributed by atoms with E-state index in [1.54, 1.807) is 38.1 Å². The molecule has 0 unspecified atom stereocenters. The van der Waals surface area contributed by atoms with Gasteiger partial charge in [-0.05, 0) is 55.8 Å². The van der Waals surface area contributed by atoms with E-state index < -0.39 is 27.2 Å². The number of carbonyl (C=O) groups excluding carboxylic acids is 1. The largest absolute Gasteiger partial charge is 0.328 e. The van der Waals surface area contributed by atoms with Crippen LogP contribution in [-0.4, -0.2) is 29.6 Å². The van der Waals surface area contributed by atoms with Gasteiger partial charge in [-0.25, -0.2) is 13.2 Å². The number of aromatic amines is 1. The highest BCUT2D eigenvalue weighted by molar-refractivity contribution is 7.92. The first kappa shape index (κ1) is 21.3. The van der Waals surface area contributed by atoms with Crippen LogP contribution in [0.5, 0.6) is 0 Å². The van der Waals surface area contributed by atoms with Crippen LogP contribution >= 0.6 is 0 Å². The molecule has 0 spiro atoms. The Labute approximate surface area is 172 Å². The molecule has 0 radical (unpaired) electrons. The molecular formula is C20H22N4O5S. The maximum atomic E-state index is 12.6. The number of nitrogens with one attached hydrogen (secondary N) is 3. The van der Waals surface area contributed by atoms with Crippen LogP contribution in [0.25, 0.3) is 10.9 Å². The van der Waals surface area contributed by atoms with E-state index in [-0.39, 0.29) is 23.4 Å². The van der Waals surface area contributed by atoms with Gasteiger partial charge in [-0.15, -0.1) is 0 Å². The minimum absolute atomic E-state index is 0.0267. The van der Waals surface area contributed by atoms with Crippen LogP contribution in [0.15, 0.2) is 52.1 Å². The summed E-state index contributed by atoms with van der Waals surface area (Å²) in [5, 5.41) is 3.01. The van der Waals surface area contributed by atoms with Gasteiger partial charge in [-0.2, -0.15) is 0 Å². The van der Waals surface area contributed by atoms with Crippen molar-refractivity contribution >= 4 is 38.2 Å². The normalized spacial score (nSPS) is 11.4. The first-order chi connectivity index (χ1) is 14.2. The molecule has 0 saturated carbocycles. The second kappa shape index (κ2) is 8.54. The van der Waals surface area contributed by atoms with Gasteiger partial charge in [0.05, 0.1) is 16.7 Å². The molecule has 0 aliphatic heterocycles. The van der Waals surface area contributed by atoms with E-state index in [2.05, 4.69) is 15.0 Å². The lowest BCUT2D eigenvalue weighted by Crippen LogP contribution is -2.34. The summed E-state index contributed by atoms with van der Waals surface area (Å²) in [6.45, 7) is 3.72. The van der Waals surface area contributed by atoms with Crippen LogP contribution in [0, 0.1) is 0 Å². The summed E-state index contributed by atoms with van der Waals surface area (Å²) in [7, 11) is -3.39. The van der Waals surface area contributed by atoms with E-state index in [1.165, 1.54) is 18.2 Å². The second-order valence-corrected chi connectivity index (χ2v) is 8.53. The number of nitrogens with zero attached hydrogens (tertiary/aromatic N) is 1. The molecule has 0 fully saturated rings. The Bertz CT molecular complexity index is 1310. The van der Waals surface area contributed by atoms with Gasteiger partial charge in [0, 0.05) is 23.5 Å². The lowest BCUT2D eigenvalue weighted by molar-refractivity contribution is 0.102. The standard InChI is InChI=1S/C20H22N4O5S/c1-3-11-30(28,29)23-15-8-6-14(7-9-15)21-18(25)13-5-10-16-17(12-13)22-20(27)24(4-2)19(16)26/h5-10,12,23H,3-4,11H2,1-2H3,(H,21,25)(H,22,27). The smallest absolute Gasteiger partial charge is 0.322 e. The number of sulfonamides is 1. The number of hydrogen-bond donors (Lipinski definition) is 3. The zero-order valence-corrected chi connectivity index (χ0v) is 17.4. The monoisotopic (exact) mass is 430 g/mol. The SMILES string of the molecule is CCCS(=O)(=O)Nc1ccc(NC(=O)c2ccc3c(=O)n(CC)c(=O)[nH]c3c2)cc1. The molecule has 0 saturated heterocycles. The molecule has 3 N–H and O–H groups in total. The number of fused-ring (bicyclic) bond motifs is 1. The van der Waals surface area contributed by atoms with Crippen LogP contribution in [0.2, 0.25) is 0 Å². The van der Waals surface area contributed by atoms with E-state index in [4.69, 9.17) is 0 Å². The van der Waals surface area contributed by atoms with Gasteiger partial charge in [0.15, 0.2) is 0 Å². The number of carbonyl (C=O) groups is 1. The fourth-order valence-electron chi connectivity index (χ4n) is 3.01. The van der Waals surface area contributed by atoms with Crippen molar-refractivity contribution in [2.45, 2.75) is 26.8 Å². The number of rotatable bonds is 7. The van der Waals surface area contributed by atoms with Gasteiger partial charge in [0.1, 0.15) is 0 Å². The molecule has 0 aliphatic carbocycles.